The fourth-order valence-electron chi connectivity index (χ4n) is 4.16. The van der Waals surface area contributed by atoms with E-state index >= 15 is 0 Å². The average Bonchev–Trinajstić information content (AvgIpc) is 2.90. The van der Waals surface area contributed by atoms with Crippen molar-refractivity contribution in [3.8, 4) is 17.2 Å². The lowest BCUT2D eigenvalue weighted by atomic mass is 9.99. The number of unbranched alkanes of at least 4 members (excludes halogenated alkanes) is 6. The summed E-state index contributed by atoms with van der Waals surface area (Å²) in [5.41, 5.74) is 2.99. The van der Waals surface area contributed by atoms with Crippen molar-refractivity contribution in [1.29, 1.82) is 0 Å². The molecule has 0 aliphatic heterocycles. The number of ketones is 1. The Kier molecular flexibility index (Phi) is 14.8. The fourth-order valence-corrected chi connectivity index (χ4v) is 4.16. The lowest BCUT2D eigenvalue weighted by molar-refractivity contribution is 0.0977. The van der Waals surface area contributed by atoms with Crippen molar-refractivity contribution in [3.63, 3.8) is 0 Å². The molecule has 200 valence electrons. The zero-order valence-electron chi connectivity index (χ0n) is 23.2. The molecule has 0 atom stereocenters. The van der Waals surface area contributed by atoms with Crippen LogP contribution in [0.4, 0.5) is 0 Å². The largest absolute Gasteiger partial charge is 0.493 e. The molecule has 0 bridgehead atoms. The molecule has 2 aromatic rings. The Morgan fingerprint density at radius 2 is 1.31 bits per heavy atom. The maximum absolute atomic E-state index is 13.4. The highest BCUT2D eigenvalue weighted by atomic mass is 16.5. The molecule has 0 heterocycles. The second kappa shape index (κ2) is 17.9. The van der Waals surface area contributed by atoms with Crippen LogP contribution in [0.1, 0.15) is 113 Å². The van der Waals surface area contributed by atoms with Gasteiger partial charge in [0, 0.05) is 6.42 Å². The Balaban J connectivity index is 2.16. The van der Waals surface area contributed by atoms with Gasteiger partial charge in [0.05, 0.1) is 25.4 Å². The third-order valence-electron chi connectivity index (χ3n) is 6.44. The summed E-state index contributed by atoms with van der Waals surface area (Å²) >= 11 is 0. The number of benzene rings is 2. The molecular weight excluding hydrogens is 448 g/mol. The van der Waals surface area contributed by atoms with Gasteiger partial charge in [0.25, 0.3) is 0 Å². The molecule has 0 saturated carbocycles. The molecule has 0 N–H and O–H groups in total. The average molecular weight is 497 g/mol. The van der Waals surface area contributed by atoms with Gasteiger partial charge in [-0.15, -0.1) is 0 Å². The van der Waals surface area contributed by atoms with Crippen LogP contribution in [0.2, 0.25) is 0 Å². The topological polar surface area (TPSA) is 44.8 Å². The van der Waals surface area contributed by atoms with E-state index < -0.39 is 0 Å². The van der Waals surface area contributed by atoms with E-state index in [2.05, 4.69) is 45.9 Å². The summed E-state index contributed by atoms with van der Waals surface area (Å²) in [4.78, 5) is 13.4. The summed E-state index contributed by atoms with van der Waals surface area (Å²) in [6, 6.07) is 12.1. The van der Waals surface area contributed by atoms with E-state index in [0.29, 0.717) is 49.7 Å². The number of hydrogen-bond donors (Lipinski definition) is 0. The highest BCUT2D eigenvalue weighted by Crippen LogP contribution is 2.33. The summed E-state index contributed by atoms with van der Waals surface area (Å²) in [5.74, 6) is 2.27. The summed E-state index contributed by atoms with van der Waals surface area (Å²) < 4.78 is 18.3. The number of hydrogen-bond acceptors (Lipinski definition) is 4. The first kappa shape index (κ1) is 29.7. The molecule has 36 heavy (non-hydrogen) atoms. The Morgan fingerprint density at radius 1 is 0.694 bits per heavy atom. The SMILES string of the molecule is CCCCCOc1ccc(CC)cc1CCC(=O)c1cccc(OCCCCC)c1OCCCCC. The molecule has 4 heteroatoms. The van der Waals surface area contributed by atoms with Crippen molar-refractivity contribution in [2.24, 2.45) is 0 Å². The molecule has 2 aromatic carbocycles. The molecule has 0 amide bonds. The summed E-state index contributed by atoms with van der Waals surface area (Å²) in [7, 11) is 0. The van der Waals surface area contributed by atoms with Crippen molar-refractivity contribution < 1.29 is 19.0 Å². The van der Waals surface area contributed by atoms with Crippen molar-refractivity contribution in [3.05, 3.63) is 53.1 Å². The molecule has 2 rings (SSSR count). The van der Waals surface area contributed by atoms with Crippen LogP contribution in [0.5, 0.6) is 17.2 Å². The van der Waals surface area contributed by atoms with Gasteiger partial charge in [-0.3, -0.25) is 4.79 Å². The Morgan fingerprint density at radius 3 is 1.92 bits per heavy atom. The van der Waals surface area contributed by atoms with Crippen LogP contribution in [0.3, 0.4) is 0 Å². The first-order chi connectivity index (χ1) is 17.6. The van der Waals surface area contributed by atoms with Gasteiger partial charge in [-0.2, -0.15) is 0 Å². The van der Waals surface area contributed by atoms with Crippen LogP contribution in [-0.4, -0.2) is 25.6 Å². The summed E-state index contributed by atoms with van der Waals surface area (Å²) in [5, 5.41) is 0. The Labute approximate surface area is 219 Å². The number of para-hydroxylation sites is 1. The molecule has 4 nitrogen and oxygen atoms in total. The molecule has 0 aromatic heterocycles. The first-order valence-electron chi connectivity index (χ1n) is 14.3. The van der Waals surface area contributed by atoms with Gasteiger partial charge in [0.15, 0.2) is 17.3 Å². The molecule has 0 radical (unpaired) electrons. The number of rotatable bonds is 20. The van der Waals surface area contributed by atoms with Gasteiger partial charge in [-0.25, -0.2) is 0 Å². The first-order valence-corrected chi connectivity index (χ1v) is 14.3. The fraction of sp³-hybridized carbons (Fsp3) is 0.594. The maximum Gasteiger partial charge on any atom is 0.171 e. The van der Waals surface area contributed by atoms with E-state index in [1.54, 1.807) is 0 Å². The van der Waals surface area contributed by atoms with Crippen LogP contribution < -0.4 is 14.2 Å². The van der Waals surface area contributed by atoms with E-state index in [0.717, 1.165) is 62.7 Å². The minimum Gasteiger partial charge on any atom is -0.493 e. The number of carbonyl (C=O) groups is 1. The quantitative estimate of drug-likeness (QED) is 0.136. The molecule has 0 aliphatic carbocycles. The van der Waals surface area contributed by atoms with Gasteiger partial charge in [0.2, 0.25) is 0 Å². The van der Waals surface area contributed by atoms with E-state index in [1.807, 2.05) is 18.2 Å². The van der Waals surface area contributed by atoms with Gasteiger partial charge in [-0.05, 0) is 61.4 Å². The van der Waals surface area contributed by atoms with Gasteiger partial charge in [0.1, 0.15) is 5.75 Å². The van der Waals surface area contributed by atoms with Gasteiger partial charge in [-0.1, -0.05) is 84.4 Å². The second-order valence-electron chi connectivity index (χ2n) is 9.52. The molecule has 0 aliphatic rings. The van der Waals surface area contributed by atoms with Gasteiger partial charge < -0.3 is 14.2 Å². The smallest absolute Gasteiger partial charge is 0.171 e. The van der Waals surface area contributed by atoms with Crippen LogP contribution >= 0.6 is 0 Å². The molecular formula is C32H48O4. The molecule has 0 unspecified atom stereocenters. The number of Topliss-reactive ketones (excluding diaryl/α,β-unsaturated/α-hetero) is 1. The van der Waals surface area contributed by atoms with Crippen LogP contribution in [0, 0.1) is 0 Å². The van der Waals surface area contributed by atoms with Crippen molar-refractivity contribution in [2.45, 2.75) is 105 Å². The van der Waals surface area contributed by atoms with E-state index in [4.69, 9.17) is 14.2 Å². The van der Waals surface area contributed by atoms with Crippen LogP contribution in [-0.2, 0) is 12.8 Å². The number of carbonyl (C=O) groups excluding carboxylic acids is 1. The third kappa shape index (κ3) is 10.2. The zero-order valence-corrected chi connectivity index (χ0v) is 23.2. The van der Waals surface area contributed by atoms with Gasteiger partial charge >= 0.3 is 0 Å². The Bertz CT molecular complexity index is 890. The second-order valence-corrected chi connectivity index (χ2v) is 9.52. The van der Waals surface area contributed by atoms with Crippen molar-refractivity contribution in [1.82, 2.24) is 0 Å². The monoisotopic (exact) mass is 496 g/mol. The molecule has 0 spiro atoms. The van der Waals surface area contributed by atoms with E-state index in [9.17, 15) is 4.79 Å². The summed E-state index contributed by atoms with van der Waals surface area (Å²) in [6.07, 6.45) is 11.9. The number of ether oxygens (including phenoxy) is 3. The van der Waals surface area contributed by atoms with Crippen molar-refractivity contribution in [2.75, 3.05) is 19.8 Å². The third-order valence-corrected chi connectivity index (χ3v) is 6.44. The summed E-state index contributed by atoms with van der Waals surface area (Å²) in [6.45, 7) is 10.7. The van der Waals surface area contributed by atoms with Crippen LogP contribution in [0.15, 0.2) is 36.4 Å². The van der Waals surface area contributed by atoms with E-state index in [-0.39, 0.29) is 5.78 Å². The highest BCUT2D eigenvalue weighted by molar-refractivity contribution is 5.99. The highest BCUT2D eigenvalue weighted by Gasteiger charge is 2.18. The standard InChI is InChI=1S/C32H48O4/c1-5-9-12-22-34-30-21-18-26(8-4)25-27(30)19-20-29(33)28-16-15-17-31(35-23-13-10-6-2)32(28)36-24-14-11-7-3/h15-18,21,25H,5-14,19-20,22-24H2,1-4H3. The minimum atomic E-state index is 0.0818. The number of aryl methyl sites for hydroxylation is 2. The zero-order chi connectivity index (χ0) is 26.0. The van der Waals surface area contributed by atoms with E-state index in [1.165, 1.54) is 18.4 Å². The normalized spacial score (nSPS) is 10.9. The Hall–Kier alpha value is -2.49. The lowest BCUT2D eigenvalue weighted by Gasteiger charge is -2.17. The van der Waals surface area contributed by atoms with Crippen LogP contribution in [0.25, 0.3) is 0 Å². The lowest BCUT2D eigenvalue weighted by Crippen LogP contribution is -2.09. The molecule has 0 fully saturated rings. The maximum atomic E-state index is 13.4. The predicted octanol–water partition coefficient (Wildman–Crippen LogP) is 8.77. The predicted molar refractivity (Wildman–Crippen MR) is 150 cm³/mol. The van der Waals surface area contributed by atoms with Crippen molar-refractivity contribution >= 4 is 5.78 Å². The minimum absolute atomic E-state index is 0.0818. The molecule has 0 saturated heterocycles.